The number of aryl methyl sites for hydroxylation is 1. The molecule has 0 unspecified atom stereocenters. The Kier molecular flexibility index (Phi) is 5.61. The van der Waals surface area contributed by atoms with Crippen LogP contribution in [0.25, 0.3) is 6.08 Å². The highest BCUT2D eigenvalue weighted by Crippen LogP contribution is 2.32. The van der Waals surface area contributed by atoms with Crippen molar-refractivity contribution in [2.75, 3.05) is 0 Å². The van der Waals surface area contributed by atoms with Gasteiger partial charge in [-0.1, -0.05) is 55.1 Å². The first-order chi connectivity index (χ1) is 12.6. The topological polar surface area (TPSA) is 56.5 Å². The number of hydrazone groups is 1. The Bertz CT molecular complexity index is 939. The molecule has 1 aliphatic heterocycles. The van der Waals surface area contributed by atoms with Crippen molar-refractivity contribution in [3.63, 3.8) is 0 Å². The van der Waals surface area contributed by atoms with Crippen molar-refractivity contribution in [3.05, 3.63) is 75.7 Å². The molecular formula is C20H15N3OS2. The number of thiocarbonyl (C=S) groups is 1. The number of thioether (sulfide) groups is 1. The summed E-state index contributed by atoms with van der Waals surface area (Å²) in [6.07, 6.45) is 4.37. The highest BCUT2D eigenvalue weighted by Gasteiger charge is 2.31. The smallest absolute Gasteiger partial charge is 0.266 e. The van der Waals surface area contributed by atoms with Crippen molar-refractivity contribution in [2.45, 2.75) is 13.3 Å². The van der Waals surface area contributed by atoms with Crippen molar-refractivity contribution in [1.29, 1.82) is 5.26 Å². The van der Waals surface area contributed by atoms with Gasteiger partial charge in [0.1, 0.15) is 0 Å². The standard InChI is InChI=1S/C20H15N3OS2/c1-2-14-3-9-17(10-4-14)13-22-23-19(24)18(26-20(23)25)11-15-5-7-16(12-21)8-6-15/h3-11,13H,2H2,1H3/b18-11+,22-13+. The van der Waals surface area contributed by atoms with E-state index in [0.29, 0.717) is 14.8 Å². The fraction of sp³-hybridized carbons (Fsp3) is 0.100. The van der Waals surface area contributed by atoms with Crippen LogP contribution in [0.3, 0.4) is 0 Å². The number of rotatable bonds is 4. The van der Waals surface area contributed by atoms with Gasteiger partial charge in [0.2, 0.25) is 0 Å². The Hall–Kier alpha value is -2.75. The molecule has 2 aromatic carbocycles. The SMILES string of the molecule is CCc1ccc(/C=N/N2C(=O)/C(=C\c3ccc(C#N)cc3)SC2=S)cc1. The molecular weight excluding hydrogens is 362 g/mol. The number of amides is 1. The summed E-state index contributed by atoms with van der Waals surface area (Å²) in [4.78, 5) is 13.1. The predicted octanol–water partition coefficient (Wildman–Crippen LogP) is 4.36. The maximum Gasteiger partial charge on any atom is 0.286 e. The summed E-state index contributed by atoms with van der Waals surface area (Å²) >= 11 is 6.49. The van der Waals surface area contributed by atoms with Crippen LogP contribution in [0.2, 0.25) is 0 Å². The summed E-state index contributed by atoms with van der Waals surface area (Å²) in [6.45, 7) is 2.10. The molecule has 1 saturated heterocycles. The Balaban J connectivity index is 1.76. The van der Waals surface area contributed by atoms with Crippen molar-refractivity contribution >= 4 is 46.5 Å². The van der Waals surface area contributed by atoms with Gasteiger partial charge >= 0.3 is 0 Å². The number of carbonyl (C=O) groups excluding carboxylic acids is 1. The molecule has 4 nitrogen and oxygen atoms in total. The highest BCUT2D eigenvalue weighted by molar-refractivity contribution is 8.26. The molecule has 1 heterocycles. The van der Waals surface area contributed by atoms with E-state index in [0.717, 1.165) is 17.5 Å². The first kappa shape index (κ1) is 18.1. The predicted molar refractivity (Wildman–Crippen MR) is 110 cm³/mol. The number of hydrogen-bond acceptors (Lipinski definition) is 5. The molecule has 0 saturated carbocycles. The molecule has 0 aliphatic carbocycles. The summed E-state index contributed by atoms with van der Waals surface area (Å²) in [7, 11) is 0. The number of carbonyl (C=O) groups is 1. The van der Waals surface area contributed by atoms with Gasteiger partial charge in [0.05, 0.1) is 22.8 Å². The van der Waals surface area contributed by atoms with Crippen LogP contribution in [0.4, 0.5) is 0 Å². The van der Waals surface area contributed by atoms with Crippen LogP contribution < -0.4 is 0 Å². The molecule has 0 N–H and O–H groups in total. The van der Waals surface area contributed by atoms with Gasteiger partial charge in [-0.05, 0) is 53.5 Å². The van der Waals surface area contributed by atoms with Gasteiger partial charge in [-0.15, -0.1) is 0 Å². The van der Waals surface area contributed by atoms with Crippen LogP contribution in [-0.2, 0) is 11.2 Å². The quantitative estimate of drug-likeness (QED) is 0.451. The zero-order valence-electron chi connectivity index (χ0n) is 14.0. The van der Waals surface area contributed by atoms with Crippen molar-refractivity contribution in [1.82, 2.24) is 5.01 Å². The molecule has 0 aromatic heterocycles. The minimum absolute atomic E-state index is 0.245. The number of nitrogens with zero attached hydrogens (tertiary/aromatic N) is 3. The van der Waals surface area contributed by atoms with Crippen molar-refractivity contribution < 1.29 is 4.79 Å². The monoisotopic (exact) mass is 377 g/mol. The third-order valence-electron chi connectivity index (χ3n) is 3.82. The Labute approximate surface area is 161 Å². The lowest BCUT2D eigenvalue weighted by Gasteiger charge is -2.06. The molecule has 1 amide bonds. The average Bonchev–Trinajstić information content (AvgIpc) is 2.94. The van der Waals surface area contributed by atoms with E-state index in [1.54, 1.807) is 36.6 Å². The number of nitriles is 1. The molecule has 0 atom stereocenters. The highest BCUT2D eigenvalue weighted by atomic mass is 32.2. The summed E-state index contributed by atoms with van der Waals surface area (Å²) < 4.78 is 0.399. The van der Waals surface area contributed by atoms with E-state index < -0.39 is 0 Å². The van der Waals surface area contributed by atoms with Gasteiger partial charge in [-0.25, -0.2) is 0 Å². The summed E-state index contributed by atoms with van der Waals surface area (Å²) in [5.74, 6) is -0.245. The number of hydrogen-bond donors (Lipinski definition) is 0. The molecule has 1 fully saturated rings. The van der Waals surface area contributed by atoms with Crippen molar-refractivity contribution in [2.24, 2.45) is 5.10 Å². The van der Waals surface area contributed by atoms with E-state index in [2.05, 4.69) is 18.1 Å². The summed E-state index contributed by atoms with van der Waals surface area (Å²) in [6, 6.07) is 17.1. The third kappa shape index (κ3) is 4.07. The maximum atomic E-state index is 12.5. The van der Waals surface area contributed by atoms with Gasteiger partial charge in [0.25, 0.3) is 5.91 Å². The fourth-order valence-electron chi connectivity index (χ4n) is 2.33. The molecule has 0 bridgehead atoms. The van der Waals surface area contributed by atoms with Crippen LogP contribution >= 0.6 is 24.0 Å². The Morgan fingerprint density at radius 2 is 1.81 bits per heavy atom. The van der Waals surface area contributed by atoms with E-state index in [1.165, 1.54) is 22.3 Å². The van der Waals surface area contributed by atoms with E-state index >= 15 is 0 Å². The second kappa shape index (κ2) is 8.09. The summed E-state index contributed by atoms with van der Waals surface area (Å²) in [5.41, 5.74) is 3.57. The average molecular weight is 377 g/mol. The number of benzene rings is 2. The Morgan fingerprint density at radius 3 is 2.42 bits per heavy atom. The van der Waals surface area contributed by atoms with Gasteiger partial charge in [-0.3, -0.25) is 4.79 Å². The lowest BCUT2D eigenvalue weighted by molar-refractivity contribution is -0.122. The zero-order valence-corrected chi connectivity index (χ0v) is 15.7. The van der Waals surface area contributed by atoms with Crippen LogP contribution in [0.1, 0.15) is 29.2 Å². The second-order valence-corrected chi connectivity index (χ2v) is 7.24. The molecule has 3 rings (SSSR count). The van der Waals surface area contributed by atoms with Crippen LogP contribution in [0.5, 0.6) is 0 Å². The molecule has 2 aromatic rings. The zero-order chi connectivity index (χ0) is 18.5. The van der Waals surface area contributed by atoms with E-state index in [-0.39, 0.29) is 5.91 Å². The maximum absolute atomic E-state index is 12.5. The van der Waals surface area contributed by atoms with Crippen LogP contribution in [0.15, 0.2) is 58.5 Å². The molecule has 0 radical (unpaired) electrons. The molecule has 1 aliphatic rings. The van der Waals surface area contributed by atoms with Gasteiger partial charge < -0.3 is 0 Å². The molecule has 6 heteroatoms. The normalized spacial score (nSPS) is 15.8. The Morgan fingerprint density at radius 1 is 1.15 bits per heavy atom. The second-order valence-electron chi connectivity index (χ2n) is 5.57. The molecule has 128 valence electrons. The third-order valence-corrected chi connectivity index (χ3v) is 5.10. The lowest BCUT2D eigenvalue weighted by Crippen LogP contribution is -2.22. The van der Waals surface area contributed by atoms with Gasteiger partial charge in [0.15, 0.2) is 4.32 Å². The lowest BCUT2D eigenvalue weighted by atomic mass is 10.1. The minimum atomic E-state index is -0.245. The van der Waals surface area contributed by atoms with Crippen LogP contribution in [-0.4, -0.2) is 21.5 Å². The fourth-order valence-corrected chi connectivity index (χ4v) is 3.50. The minimum Gasteiger partial charge on any atom is -0.266 e. The van der Waals surface area contributed by atoms with Crippen molar-refractivity contribution in [3.8, 4) is 6.07 Å². The van der Waals surface area contributed by atoms with E-state index in [1.807, 2.05) is 24.3 Å². The first-order valence-corrected chi connectivity index (χ1v) is 9.24. The molecule has 0 spiro atoms. The summed E-state index contributed by atoms with van der Waals surface area (Å²) in [5, 5.41) is 14.3. The largest absolute Gasteiger partial charge is 0.286 e. The first-order valence-electron chi connectivity index (χ1n) is 8.01. The van der Waals surface area contributed by atoms with Gasteiger partial charge in [0, 0.05) is 0 Å². The molecule has 26 heavy (non-hydrogen) atoms. The van der Waals surface area contributed by atoms with E-state index in [9.17, 15) is 4.79 Å². The van der Waals surface area contributed by atoms with Crippen LogP contribution in [0, 0.1) is 11.3 Å². The van der Waals surface area contributed by atoms with Gasteiger partial charge in [-0.2, -0.15) is 15.4 Å². The van der Waals surface area contributed by atoms with E-state index in [4.69, 9.17) is 17.5 Å².